The summed E-state index contributed by atoms with van der Waals surface area (Å²) in [6, 6.07) is 4.41. The second-order valence-electron chi connectivity index (χ2n) is 5.01. The second-order valence-corrected chi connectivity index (χ2v) is 5.01. The molecule has 1 aliphatic heterocycles. The first kappa shape index (κ1) is 13.8. The van der Waals surface area contributed by atoms with Gasteiger partial charge in [0.25, 0.3) is 0 Å². The van der Waals surface area contributed by atoms with Crippen LogP contribution in [-0.4, -0.2) is 32.6 Å². The average Bonchev–Trinajstić information content (AvgIpc) is 2.39. The quantitative estimate of drug-likeness (QED) is 0.646. The number of halogens is 1. The van der Waals surface area contributed by atoms with Crippen molar-refractivity contribution in [2.45, 2.75) is 12.8 Å². The van der Waals surface area contributed by atoms with Crippen molar-refractivity contribution in [3.8, 4) is 0 Å². The maximum Gasteiger partial charge on any atom is 0.125 e. The monoisotopic (exact) mass is 265 g/mol. The van der Waals surface area contributed by atoms with Gasteiger partial charge in [0, 0.05) is 38.1 Å². The van der Waals surface area contributed by atoms with E-state index in [1.165, 1.54) is 12.1 Å². The Morgan fingerprint density at radius 1 is 1.47 bits per heavy atom. The Morgan fingerprint density at radius 2 is 2.16 bits per heavy atom. The highest BCUT2D eigenvalue weighted by Gasteiger charge is 2.18. The molecule has 104 valence electrons. The number of nitrogens with two attached hydrogens (primary N) is 1. The van der Waals surface area contributed by atoms with Gasteiger partial charge in [-0.3, -0.25) is 5.41 Å². The summed E-state index contributed by atoms with van der Waals surface area (Å²) < 4.78 is 18.6. The van der Waals surface area contributed by atoms with Gasteiger partial charge in [0.1, 0.15) is 11.7 Å². The molecule has 3 N–H and O–H groups in total. The molecule has 1 heterocycles. The number of anilines is 1. The van der Waals surface area contributed by atoms with E-state index in [0.717, 1.165) is 38.3 Å². The molecule has 5 heteroatoms. The fourth-order valence-electron chi connectivity index (χ4n) is 2.47. The summed E-state index contributed by atoms with van der Waals surface area (Å²) >= 11 is 0. The number of amidine groups is 1. The Morgan fingerprint density at radius 3 is 2.79 bits per heavy atom. The van der Waals surface area contributed by atoms with E-state index < -0.39 is 0 Å². The lowest BCUT2D eigenvalue weighted by molar-refractivity contribution is 0.0685. The van der Waals surface area contributed by atoms with Gasteiger partial charge in [-0.2, -0.15) is 0 Å². The van der Waals surface area contributed by atoms with Crippen LogP contribution >= 0.6 is 0 Å². The second kappa shape index (κ2) is 6.02. The number of hydrogen-bond donors (Lipinski definition) is 2. The Hall–Kier alpha value is -1.62. The topological polar surface area (TPSA) is 62.3 Å². The lowest BCUT2D eigenvalue weighted by Gasteiger charge is -2.29. The molecule has 0 unspecified atom stereocenters. The van der Waals surface area contributed by atoms with Crippen molar-refractivity contribution in [3.63, 3.8) is 0 Å². The molecule has 0 radical (unpaired) electrons. The zero-order chi connectivity index (χ0) is 13.8. The van der Waals surface area contributed by atoms with Gasteiger partial charge in [0.15, 0.2) is 0 Å². The molecule has 1 aromatic rings. The molecule has 1 saturated heterocycles. The first-order valence-electron chi connectivity index (χ1n) is 6.50. The number of benzene rings is 1. The van der Waals surface area contributed by atoms with Crippen molar-refractivity contribution in [1.29, 1.82) is 5.41 Å². The van der Waals surface area contributed by atoms with Crippen molar-refractivity contribution < 1.29 is 9.13 Å². The van der Waals surface area contributed by atoms with Gasteiger partial charge in [-0.25, -0.2) is 4.39 Å². The lowest BCUT2D eigenvalue weighted by atomic mass is 9.99. The Kier molecular flexibility index (Phi) is 4.37. The van der Waals surface area contributed by atoms with E-state index >= 15 is 0 Å². The van der Waals surface area contributed by atoms with Gasteiger partial charge in [0.2, 0.25) is 0 Å². The molecule has 1 fully saturated rings. The number of nitrogens with one attached hydrogen (secondary N) is 1. The summed E-state index contributed by atoms with van der Waals surface area (Å²) in [5.41, 5.74) is 6.78. The minimum atomic E-state index is -0.367. The third-order valence-corrected chi connectivity index (χ3v) is 3.53. The highest BCUT2D eigenvalue weighted by Crippen LogP contribution is 2.23. The first-order chi connectivity index (χ1) is 9.08. The Bertz CT molecular complexity index is 458. The van der Waals surface area contributed by atoms with Crippen LogP contribution in [0.5, 0.6) is 0 Å². The molecule has 2 rings (SSSR count). The fraction of sp³-hybridized carbons (Fsp3) is 0.500. The summed E-state index contributed by atoms with van der Waals surface area (Å²) in [4.78, 5) is 2.05. The van der Waals surface area contributed by atoms with Crippen molar-refractivity contribution in [2.75, 3.05) is 31.7 Å². The molecular weight excluding hydrogens is 245 g/mol. The molecule has 0 saturated carbocycles. The minimum absolute atomic E-state index is 0.103. The van der Waals surface area contributed by atoms with Gasteiger partial charge in [-0.05, 0) is 37.0 Å². The van der Waals surface area contributed by atoms with E-state index in [9.17, 15) is 4.39 Å². The van der Waals surface area contributed by atoms with Crippen LogP contribution < -0.4 is 10.6 Å². The summed E-state index contributed by atoms with van der Waals surface area (Å²) in [5, 5.41) is 7.55. The lowest BCUT2D eigenvalue weighted by Crippen LogP contribution is -2.31. The van der Waals surface area contributed by atoms with Crippen LogP contribution in [0.15, 0.2) is 18.2 Å². The van der Waals surface area contributed by atoms with Gasteiger partial charge in [-0.15, -0.1) is 0 Å². The molecule has 1 aromatic carbocycles. The van der Waals surface area contributed by atoms with E-state index in [4.69, 9.17) is 15.9 Å². The van der Waals surface area contributed by atoms with Gasteiger partial charge >= 0.3 is 0 Å². The van der Waals surface area contributed by atoms with Crippen LogP contribution in [0.3, 0.4) is 0 Å². The highest BCUT2D eigenvalue weighted by atomic mass is 19.1. The SMILES string of the molecule is CN(CC1CCOCC1)c1ccc(F)cc1C(=N)N. The van der Waals surface area contributed by atoms with E-state index in [1.807, 2.05) is 11.9 Å². The number of rotatable bonds is 4. The molecular formula is C14H20FN3O. The van der Waals surface area contributed by atoms with E-state index in [-0.39, 0.29) is 11.7 Å². The van der Waals surface area contributed by atoms with Crippen molar-refractivity contribution in [3.05, 3.63) is 29.6 Å². The van der Waals surface area contributed by atoms with Crippen molar-refractivity contribution >= 4 is 11.5 Å². The van der Waals surface area contributed by atoms with Crippen LogP contribution in [0.1, 0.15) is 18.4 Å². The summed E-state index contributed by atoms with van der Waals surface area (Å²) in [6.45, 7) is 2.48. The largest absolute Gasteiger partial charge is 0.384 e. The smallest absolute Gasteiger partial charge is 0.125 e. The van der Waals surface area contributed by atoms with Crippen molar-refractivity contribution in [2.24, 2.45) is 11.7 Å². The van der Waals surface area contributed by atoms with Crippen LogP contribution in [0.4, 0.5) is 10.1 Å². The molecule has 0 bridgehead atoms. The summed E-state index contributed by atoms with van der Waals surface area (Å²) in [6.07, 6.45) is 2.09. The molecule has 0 aromatic heterocycles. The maximum atomic E-state index is 13.2. The zero-order valence-corrected chi connectivity index (χ0v) is 11.2. The fourth-order valence-corrected chi connectivity index (χ4v) is 2.47. The number of ether oxygens (including phenoxy) is 1. The average molecular weight is 265 g/mol. The van der Waals surface area contributed by atoms with Crippen LogP contribution in [-0.2, 0) is 4.74 Å². The molecule has 0 atom stereocenters. The molecule has 0 amide bonds. The summed E-state index contributed by atoms with van der Waals surface area (Å²) in [7, 11) is 1.95. The maximum absolute atomic E-state index is 13.2. The normalized spacial score (nSPS) is 16.3. The van der Waals surface area contributed by atoms with Gasteiger partial charge in [-0.1, -0.05) is 0 Å². The third kappa shape index (κ3) is 3.44. The van der Waals surface area contributed by atoms with E-state index in [1.54, 1.807) is 6.07 Å². The van der Waals surface area contributed by atoms with Crippen molar-refractivity contribution in [1.82, 2.24) is 0 Å². The Labute approximate surface area is 112 Å². The molecule has 1 aliphatic rings. The Balaban J connectivity index is 2.13. The number of nitrogen functional groups attached to an aromatic ring is 1. The molecule has 4 nitrogen and oxygen atoms in total. The number of nitrogens with zero attached hydrogens (tertiary/aromatic N) is 1. The van der Waals surface area contributed by atoms with E-state index in [0.29, 0.717) is 11.5 Å². The first-order valence-corrected chi connectivity index (χ1v) is 6.50. The molecule has 0 spiro atoms. The van der Waals surface area contributed by atoms with Gasteiger partial charge < -0.3 is 15.4 Å². The minimum Gasteiger partial charge on any atom is -0.384 e. The zero-order valence-electron chi connectivity index (χ0n) is 11.2. The van der Waals surface area contributed by atoms with Gasteiger partial charge in [0.05, 0.1) is 0 Å². The van der Waals surface area contributed by atoms with E-state index in [2.05, 4.69) is 0 Å². The molecule has 19 heavy (non-hydrogen) atoms. The highest BCUT2D eigenvalue weighted by molar-refractivity contribution is 6.00. The summed E-state index contributed by atoms with van der Waals surface area (Å²) in [5.74, 6) is 0.102. The van der Waals surface area contributed by atoms with Crippen LogP contribution in [0, 0.1) is 17.1 Å². The number of hydrogen-bond acceptors (Lipinski definition) is 3. The van der Waals surface area contributed by atoms with Crippen LogP contribution in [0.25, 0.3) is 0 Å². The van der Waals surface area contributed by atoms with Crippen LogP contribution in [0.2, 0.25) is 0 Å². The predicted octanol–water partition coefficient (Wildman–Crippen LogP) is 1.97. The molecule has 0 aliphatic carbocycles. The third-order valence-electron chi connectivity index (χ3n) is 3.53. The standard InChI is InChI=1S/C14H20FN3O/c1-18(9-10-4-6-19-7-5-10)13-3-2-11(15)8-12(13)14(16)17/h2-3,8,10H,4-7,9H2,1H3,(H3,16,17). The predicted molar refractivity (Wildman–Crippen MR) is 74.2 cm³/mol.